The molecule has 0 radical (unpaired) electrons. The number of aromatic nitrogens is 5. The van der Waals surface area contributed by atoms with Crippen LogP contribution in [-0.2, 0) is 6.54 Å². The van der Waals surface area contributed by atoms with Crippen molar-refractivity contribution in [1.29, 1.82) is 0 Å². The lowest BCUT2D eigenvalue weighted by Gasteiger charge is -2.29. The Morgan fingerprint density at radius 1 is 1.24 bits per heavy atom. The van der Waals surface area contributed by atoms with Gasteiger partial charge in [0, 0.05) is 36.0 Å². The molecule has 196 valence electrons. The van der Waals surface area contributed by atoms with Gasteiger partial charge >= 0.3 is 0 Å². The van der Waals surface area contributed by atoms with E-state index < -0.39 is 11.9 Å². The van der Waals surface area contributed by atoms with Gasteiger partial charge in [0.25, 0.3) is 0 Å². The second-order valence-electron chi connectivity index (χ2n) is 9.30. The number of rotatable bonds is 9. The number of aliphatic hydroxyl groups is 2. The number of pyridine rings is 1. The summed E-state index contributed by atoms with van der Waals surface area (Å²) in [5.74, 6) is 0.440. The van der Waals surface area contributed by atoms with Gasteiger partial charge in [0.2, 0.25) is 0 Å². The Bertz CT molecular complexity index is 1370. The van der Waals surface area contributed by atoms with Gasteiger partial charge in [-0.1, -0.05) is 17.7 Å². The molecule has 4 aromatic rings. The van der Waals surface area contributed by atoms with Gasteiger partial charge in [-0.25, -0.2) is 9.37 Å². The molecule has 0 saturated heterocycles. The highest BCUT2D eigenvalue weighted by molar-refractivity contribution is 6.30. The number of nitrogens with zero attached hydrogens (tertiary/aromatic N) is 5. The van der Waals surface area contributed by atoms with Crippen molar-refractivity contribution in [3.8, 4) is 17.0 Å². The van der Waals surface area contributed by atoms with Crippen LogP contribution in [0.2, 0.25) is 5.02 Å². The average molecular weight is 529 g/mol. The summed E-state index contributed by atoms with van der Waals surface area (Å²) < 4.78 is 23.9. The van der Waals surface area contributed by atoms with Crippen molar-refractivity contribution in [1.82, 2.24) is 24.5 Å². The topological polar surface area (TPSA) is 110 Å². The third kappa shape index (κ3) is 5.41. The van der Waals surface area contributed by atoms with Crippen molar-refractivity contribution >= 4 is 28.3 Å². The smallest absolute Gasteiger partial charge is 0.183 e. The van der Waals surface area contributed by atoms with Crippen molar-refractivity contribution in [2.45, 2.75) is 57.4 Å². The summed E-state index contributed by atoms with van der Waals surface area (Å²) in [7, 11) is 0. The fraction of sp³-hybridized carbons (Fsp3) is 0.423. The van der Waals surface area contributed by atoms with Crippen LogP contribution in [0.5, 0.6) is 5.75 Å². The van der Waals surface area contributed by atoms with E-state index in [2.05, 4.69) is 20.1 Å². The van der Waals surface area contributed by atoms with Crippen LogP contribution in [0.1, 0.15) is 38.6 Å². The number of hydrogen-bond acceptors (Lipinski definition) is 7. The maximum absolute atomic E-state index is 14.3. The molecular weight excluding hydrogens is 499 g/mol. The fourth-order valence-electron chi connectivity index (χ4n) is 4.82. The SMILES string of the molecule is CCNc1cc2c(cn1)c(-c1cnn(CC(O)CO)c1)nn2C1CCC(Oc2cccc(Cl)c2F)CC1. The first-order valence-corrected chi connectivity index (χ1v) is 12.9. The zero-order valence-electron chi connectivity index (χ0n) is 20.5. The van der Waals surface area contributed by atoms with Crippen LogP contribution in [-0.4, -0.2) is 60.1 Å². The maximum atomic E-state index is 14.3. The molecule has 9 nitrogen and oxygen atoms in total. The molecule has 0 spiro atoms. The molecule has 3 heterocycles. The van der Waals surface area contributed by atoms with Crippen molar-refractivity contribution < 1.29 is 19.3 Å². The summed E-state index contributed by atoms with van der Waals surface area (Å²) in [5, 5.41) is 32.5. The Kier molecular flexibility index (Phi) is 7.59. The van der Waals surface area contributed by atoms with Gasteiger partial charge in [0.15, 0.2) is 11.6 Å². The molecule has 0 bridgehead atoms. The summed E-state index contributed by atoms with van der Waals surface area (Å²) in [6.45, 7) is 2.63. The average Bonchev–Trinajstić information content (AvgIpc) is 3.52. The Morgan fingerprint density at radius 2 is 2.05 bits per heavy atom. The van der Waals surface area contributed by atoms with Crippen LogP contribution in [0, 0.1) is 5.82 Å². The van der Waals surface area contributed by atoms with Gasteiger partial charge in [-0.05, 0) is 44.7 Å². The van der Waals surface area contributed by atoms with Crippen LogP contribution in [0.3, 0.4) is 0 Å². The van der Waals surface area contributed by atoms with E-state index in [9.17, 15) is 9.50 Å². The van der Waals surface area contributed by atoms with Crippen molar-refractivity contribution in [3.63, 3.8) is 0 Å². The van der Waals surface area contributed by atoms with E-state index in [1.165, 1.54) is 6.07 Å². The Balaban J connectivity index is 1.40. The molecule has 1 aromatic carbocycles. The van der Waals surface area contributed by atoms with Gasteiger partial charge in [-0.3, -0.25) is 9.36 Å². The quantitative estimate of drug-likeness (QED) is 0.294. The summed E-state index contributed by atoms with van der Waals surface area (Å²) in [4.78, 5) is 4.55. The summed E-state index contributed by atoms with van der Waals surface area (Å²) in [6.07, 6.45) is 7.53. The zero-order chi connectivity index (χ0) is 25.9. The molecule has 3 N–H and O–H groups in total. The zero-order valence-corrected chi connectivity index (χ0v) is 21.3. The fourth-order valence-corrected chi connectivity index (χ4v) is 4.99. The number of halogens is 2. The Hall–Kier alpha value is -3.21. The standard InChI is InChI=1S/C26H30ClFN6O3/c1-2-29-24-10-22-20(12-30-24)26(16-11-31-33(13-16)14-18(36)15-35)32-34(22)17-6-8-19(9-7-17)37-23-5-3-4-21(27)25(23)28/h3-5,10-13,17-19,35-36H,2,6-9,14-15H2,1H3,(H,29,30). The van der Waals surface area contributed by atoms with Crippen LogP contribution in [0.15, 0.2) is 42.9 Å². The first kappa shape index (κ1) is 25.4. The highest BCUT2D eigenvalue weighted by Gasteiger charge is 2.28. The molecular formula is C26H30ClFN6O3. The number of anilines is 1. The van der Waals surface area contributed by atoms with E-state index in [1.54, 1.807) is 23.0 Å². The predicted molar refractivity (Wildman–Crippen MR) is 139 cm³/mol. The molecule has 5 rings (SSSR count). The van der Waals surface area contributed by atoms with Crippen molar-refractivity contribution in [2.75, 3.05) is 18.5 Å². The number of fused-ring (bicyclic) bond motifs is 1. The molecule has 1 aliphatic carbocycles. The second kappa shape index (κ2) is 11.0. The molecule has 1 aliphatic rings. The van der Waals surface area contributed by atoms with Crippen LogP contribution in [0.25, 0.3) is 22.2 Å². The molecule has 0 aliphatic heterocycles. The van der Waals surface area contributed by atoms with Gasteiger partial charge in [-0.15, -0.1) is 0 Å². The van der Waals surface area contributed by atoms with Gasteiger partial charge < -0.3 is 20.3 Å². The van der Waals surface area contributed by atoms with E-state index in [-0.39, 0.29) is 36.1 Å². The lowest BCUT2D eigenvalue weighted by atomic mass is 9.93. The molecule has 1 unspecified atom stereocenters. The minimum Gasteiger partial charge on any atom is -0.487 e. The Labute approximate surface area is 218 Å². The lowest BCUT2D eigenvalue weighted by Crippen LogP contribution is -2.26. The first-order chi connectivity index (χ1) is 18.0. The molecule has 1 atom stereocenters. The van der Waals surface area contributed by atoms with E-state index in [0.717, 1.165) is 60.2 Å². The van der Waals surface area contributed by atoms with E-state index in [0.29, 0.717) is 0 Å². The summed E-state index contributed by atoms with van der Waals surface area (Å²) in [5.41, 5.74) is 2.53. The summed E-state index contributed by atoms with van der Waals surface area (Å²) in [6, 6.07) is 6.96. The van der Waals surface area contributed by atoms with Crippen LogP contribution in [0.4, 0.5) is 10.2 Å². The van der Waals surface area contributed by atoms with E-state index in [1.807, 2.05) is 25.4 Å². The lowest BCUT2D eigenvalue weighted by molar-refractivity contribution is 0.0783. The van der Waals surface area contributed by atoms with Crippen molar-refractivity contribution in [3.05, 3.63) is 53.7 Å². The third-order valence-corrected chi connectivity index (χ3v) is 6.96. The largest absolute Gasteiger partial charge is 0.487 e. The molecule has 37 heavy (non-hydrogen) atoms. The second-order valence-corrected chi connectivity index (χ2v) is 9.71. The monoisotopic (exact) mass is 528 g/mol. The van der Waals surface area contributed by atoms with Crippen LogP contribution >= 0.6 is 11.6 Å². The minimum absolute atomic E-state index is 0.0565. The van der Waals surface area contributed by atoms with Gasteiger partial charge in [0.05, 0.1) is 48.1 Å². The minimum atomic E-state index is -0.885. The van der Waals surface area contributed by atoms with Crippen molar-refractivity contribution in [2.24, 2.45) is 0 Å². The summed E-state index contributed by atoms with van der Waals surface area (Å²) >= 11 is 5.91. The highest BCUT2D eigenvalue weighted by Crippen LogP contribution is 2.37. The number of ether oxygens (including phenoxy) is 1. The number of benzene rings is 1. The van der Waals surface area contributed by atoms with Crippen LogP contribution < -0.4 is 10.1 Å². The van der Waals surface area contributed by atoms with Gasteiger partial charge in [-0.2, -0.15) is 10.2 Å². The molecule has 1 saturated carbocycles. The number of hydrogen-bond donors (Lipinski definition) is 3. The van der Waals surface area contributed by atoms with E-state index in [4.69, 9.17) is 26.5 Å². The number of nitrogens with one attached hydrogen (secondary N) is 1. The molecule has 1 fully saturated rings. The predicted octanol–water partition coefficient (Wildman–Crippen LogP) is 4.44. The van der Waals surface area contributed by atoms with Gasteiger partial charge in [0.1, 0.15) is 11.5 Å². The molecule has 3 aromatic heterocycles. The molecule has 0 amide bonds. The normalized spacial score (nSPS) is 18.7. The molecule has 11 heteroatoms. The third-order valence-electron chi connectivity index (χ3n) is 6.66. The number of aliphatic hydroxyl groups excluding tert-OH is 2. The first-order valence-electron chi connectivity index (χ1n) is 12.5. The Morgan fingerprint density at radius 3 is 2.81 bits per heavy atom. The van der Waals surface area contributed by atoms with E-state index >= 15 is 0 Å². The highest BCUT2D eigenvalue weighted by atomic mass is 35.5. The maximum Gasteiger partial charge on any atom is 0.183 e.